The molecule has 1 aromatic rings. The number of thioether (sulfide) groups is 1. The predicted molar refractivity (Wildman–Crippen MR) is 78.3 cm³/mol. The number of aromatic nitrogens is 2. The number of ether oxygens (including phenoxy) is 1. The molecular weight excluding hydrogens is 248 g/mol. The van der Waals surface area contributed by atoms with Crippen LogP contribution in [0.15, 0.2) is 6.33 Å². The molecule has 0 fully saturated rings. The Kier molecular flexibility index (Phi) is 6.64. The lowest BCUT2D eigenvalue weighted by atomic mass is 10.2. The Hall–Kier alpha value is -1.17. The number of hydrogen-bond acceptors (Lipinski definition) is 6. The van der Waals surface area contributed by atoms with E-state index < -0.39 is 0 Å². The molecular formula is C12H22N4OS. The molecule has 0 spiro atoms. The molecule has 3 N–H and O–H groups in total. The van der Waals surface area contributed by atoms with Crippen LogP contribution < -0.4 is 15.8 Å². The number of nitrogens with two attached hydrogens (primary N) is 1. The summed E-state index contributed by atoms with van der Waals surface area (Å²) in [5, 5.41) is 3.29. The highest BCUT2D eigenvalue weighted by Crippen LogP contribution is 2.25. The molecule has 0 bridgehead atoms. The third-order valence-electron chi connectivity index (χ3n) is 2.43. The first kappa shape index (κ1) is 14.9. The molecule has 1 unspecified atom stereocenters. The highest BCUT2D eigenvalue weighted by molar-refractivity contribution is 7.98. The third kappa shape index (κ3) is 4.60. The summed E-state index contributed by atoms with van der Waals surface area (Å²) in [6.07, 6.45) is 5.57. The first-order valence-corrected chi connectivity index (χ1v) is 7.57. The molecule has 6 heteroatoms. The van der Waals surface area contributed by atoms with Crippen molar-refractivity contribution in [1.29, 1.82) is 0 Å². The van der Waals surface area contributed by atoms with Gasteiger partial charge in [-0.15, -0.1) is 0 Å². The molecule has 1 aromatic heterocycles. The molecule has 0 aliphatic heterocycles. The van der Waals surface area contributed by atoms with Gasteiger partial charge in [-0.1, -0.05) is 6.92 Å². The van der Waals surface area contributed by atoms with Crippen LogP contribution >= 0.6 is 11.8 Å². The van der Waals surface area contributed by atoms with Gasteiger partial charge in [0.1, 0.15) is 12.0 Å². The van der Waals surface area contributed by atoms with Gasteiger partial charge in [0.25, 0.3) is 0 Å². The minimum atomic E-state index is 0.327. The van der Waals surface area contributed by atoms with E-state index in [0.717, 1.165) is 18.6 Å². The SMILES string of the molecule is CCCOc1ncnc(NC(C)CCSC)c1N. The maximum absolute atomic E-state index is 5.98. The van der Waals surface area contributed by atoms with E-state index in [2.05, 4.69) is 28.5 Å². The van der Waals surface area contributed by atoms with Gasteiger partial charge < -0.3 is 15.8 Å². The van der Waals surface area contributed by atoms with Crippen LogP contribution in [-0.4, -0.2) is 34.6 Å². The lowest BCUT2D eigenvalue weighted by molar-refractivity contribution is 0.306. The molecule has 0 aromatic carbocycles. The Labute approximate surface area is 113 Å². The summed E-state index contributed by atoms with van der Waals surface area (Å²) >= 11 is 1.83. The number of nitrogens with zero attached hydrogens (tertiary/aromatic N) is 2. The van der Waals surface area contributed by atoms with Crippen molar-refractivity contribution < 1.29 is 4.74 Å². The average Bonchev–Trinajstić information content (AvgIpc) is 2.37. The first-order valence-electron chi connectivity index (χ1n) is 6.17. The van der Waals surface area contributed by atoms with Crippen molar-refractivity contribution in [2.24, 2.45) is 0 Å². The molecule has 0 saturated carbocycles. The van der Waals surface area contributed by atoms with Crippen molar-refractivity contribution in [3.05, 3.63) is 6.33 Å². The Balaban J connectivity index is 2.64. The van der Waals surface area contributed by atoms with Gasteiger partial charge in [-0.05, 0) is 31.8 Å². The molecule has 0 aliphatic carbocycles. The van der Waals surface area contributed by atoms with Crippen LogP contribution in [0.3, 0.4) is 0 Å². The predicted octanol–water partition coefficient (Wildman–Crippen LogP) is 2.40. The number of anilines is 2. The van der Waals surface area contributed by atoms with Crippen LogP contribution in [-0.2, 0) is 0 Å². The normalized spacial score (nSPS) is 12.2. The molecule has 1 rings (SSSR count). The largest absolute Gasteiger partial charge is 0.476 e. The van der Waals surface area contributed by atoms with Gasteiger partial charge in [0.05, 0.1) is 6.61 Å². The lowest BCUT2D eigenvalue weighted by Gasteiger charge is -2.16. The smallest absolute Gasteiger partial charge is 0.242 e. The van der Waals surface area contributed by atoms with Crippen LogP contribution in [0.1, 0.15) is 26.7 Å². The van der Waals surface area contributed by atoms with Crippen LogP contribution in [0.4, 0.5) is 11.5 Å². The standard InChI is InChI=1S/C12H22N4OS/c1-4-6-17-12-10(13)11(14-8-15-12)16-9(2)5-7-18-3/h8-9H,4-7,13H2,1-3H3,(H,14,15,16). The van der Waals surface area contributed by atoms with E-state index in [0.29, 0.717) is 30.0 Å². The van der Waals surface area contributed by atoms with E-state index in [4.69, 9.17) is 10.5 Å². The van der Waals surface area contributed by atoms with E-state index in [1.165, 1.54) is 6.33 Å². The topological polar surface area (TPSA) is 73.1 Å². The fourth-order valence-corrected chi connectivity index (χ4v) is 2.00. The highest BCUT2D eigenvalue weighted by Gasteiger charge is 2.11. The van der Waals surface area contributed by atoms with Crippen molar-refractivity contribution >= 4 is 23.3 Å². The maximum atomic E-state index is 5.98. The Morgan fingerprint density at radius 3 is 2.94 bits per heavy atom. The first-order chi connectivity index (χ1) is 8.69. The third-order valence-corrected chi connectivity index (χ3v) is 3.07. The Morgan fingerprint density at radius 2 is 2.28 bits per heavy atom. The lowest BCUT2D eigenvalue weighted by Crippen LogP contribution is -2.18. The van der Waals surface area contributed by atoms with Crippen molar-refractivity contribution in [3.8, 4) is 5.88 Å². The van der Waals surface area contributed by atoms with Gasteiger partial charge in [-0.25, -0.2) is 4.98 Å². The van der Waals surface area contributed by atoms with E-state index in [-0.39, 0.29) is 0 Å². The highest BCUT2D eigenvalue weighted by atomic mass is 32.2. The van der Waals surface area contributed by atoms with E-state index in [1.807, 2.05) is 18.7 Å². The molecule has 0 amide bonds. The van der Waals surface area contributed by atoms with E-state index >= 15 is 0 Å². The van der Waals surface area contributed by atoms with Crippen molar-refractivity contribution in [3.63, 3.8) is 0 Å². The summed E-state index contributed by atoms with van der Waals surface area (Å²) < 4.78 is 5.47. The quantitative estimate of drug-likeness (QED) is 0.755. The van der Waals surface area contributed by atoms with Gasteiger partial charge in [-0.2, -0.15) is 16.7 Å². The van der Waals surface area contributed by atoms with Gasteiger partial charge in [-0.3, -0.25) is 0 Å². The second kappa shape index (κ2) is 8.02. The molecule has 1 heterocycles. The number of hydrogen-bond donors (Lipinski definition) is 2. The van der Waals surface area contributed by atoms with Crippen LogP contribution in [0.25, 0.3) is 0 Å². The zero-order valence-corrected chi connectivity index (χ0v) is 12.1. The second-order valence-corrected chi connectivity index (χ2v) is 5.10. The summed E-state index contributed by atoms with van der Waals surface area (Å²) in [7, 11) is 0. The summed E-state index contributed by atoms with van der Waals surface area (Å²) in [6.45, 7) is 4.77. The van der Waals surface area contributed by atoms with E-state index in [1.54, 1.807) is 0 Å². The number of nitrogens with one attached hydrogen (secondary N) is 1. The monoisotopic (exact) mass is 270 g/mol. The van der Waals surface area contributed by atoms with Crippen LogP contribution in [0.2, 0.25) is 0 Å². The summed E-state index contributed by atoms with van der Waals surface area (Å²) in [4.78, 5) is 8.20. The van der Waals surface area contributed by atoms with E-state index in [9.17, 15) is 0 Å². The van der Waals surface area contributed by atoms with Gasteiger partial charge in [0.2, 0.25) is 5.88 Å². The average molecular weight is 270 g/mol. The van der Waals surface area contributed by atoms with Crippen molar-refractivity contribution in [2.75, 3.05) is 29.7 Å². The minimum Gasteiger partial charge on any atom is -0.476 e. The fraction of sp³-hybridized carbons (Fsp3) is 0.667. The zero-order valence-electron chi connectivity index (χ0n) is 11.3. The Bertz CT molecular complexity index is 362. The number of rotatable bonds is 8. The molecule has 0 aliphatic rings. The molecule has 102 valence electrons. The fourth-order valence-electron chi connectivity index (χ4n) is 1.41. The summed E-state index contributed by atoms with van der Waals surface area (Å²) in [6, 6.07) is 0.327. The molecule has 5 nitrogen and oxygen atoms in total. The summed E-state index contributed by atoms with van der Waals surface area (Å²) in [5.74, 6) is 2.23. The van der Waals surface area contributed by atoms with Crippen LogP contribution in [0.5, 0.6) is 5.88 Å². The van der Waals surface area contributed by atoms with Crippen molar-refractivity contribution in [1.82, 2.24) is 9.97 Å². The summed E-state index contributed by atoms with van der Waals surface area (Å²) in [5.41, 5.74) is 6.47. The molecule has 0 saturated heterocycles. The molecule has 0 radical (unpaired) electrons. The number of nitrogen functional groups attached to an aromatic ring is 1. The zero-order chi connectivity index (χ0) is 13.4. The molecule has 18 heavy (non-hydrogen) atoms. The van der Waals surface area contributed by atoms with Gasteiger partial charge >= 0.3 is 0 Å². The second-order valence-electron chi connectivity index (χ2n) is 4.12. The minimum absolute atomic E-state index is 0.327. The Morgan fingerprint density at radius 1 is 1.50 bits per heavy atom. The molecule has 1 atom stereocenters. The van der Waals surface area contributed by atoms with Gasteiger partial charge in [0, 0.05) is 6.04 Å². The maximum Gasteiger partial charge on any atom is 0.242 e. The van der Waals surface area contributed by atoms with Crippen molar-refractivity contribution in [2.45, 2.75) is 32.7 Å². The van der Waals surface area contributed by atoms with Crippen LogP contribution in [0, 0.1) is 0 Å². The van der Waals surface area contributed by atoms with Gasteiger partial charge in [0.15, 0.2) is 5.82 Å².